The minimum atomic E-state index is -0.335. The van der Waals surface area contributed by atoms with Crippen molar-refractivity contribution in [1.29, 1.82) is 0 Å². The number of ketones is 1. The van der Waals surface area contributed by atoms with E-state index in [9.17, 15) is 9.59 Å². The second-order valence-electron chi connectivity index (χ2n) is 6.56. The quantitative estimate of drug-likeness (QED) is 0.428. The van der Waals surface area contributed by atoms with E-state index in [-0.39, 0.29) is 11.7 Å². The second-order valence-corrected chi connectivity index (χ2v) is 6.56. The van der Waals surface area contributed by atoms with Crippen LogP contribution in [-0.2, 0) is 4.79 Å². The van der Waals surface area contributed by atoms with E-state index >= 15 is 0 Å². The molecule has 0 fully saturated rings. The lowest BCUT2D eigenvalue weighted by Crippen LogP contribution is -2.09. The van der Waals surface area contributed by atoms with Gasteiger partial charge in [-0.05, 0) is 35.9 Å². The molecule has 0 unspecified atom stereocenters. The van der Waals surface area contributed by atoms with E-state index in [2.05, 4.69) is 5.32 Å². The van der Waals surface area contributed by atoms with Crippen LogP contribution in [0, 0.1) is 0 Å². The molecule has 0 bridgehead atoms. The van der Waals surface area contributed by atoms with Crippen LogP contribution < -0.4 is 19.5 Å². The Bertz CT molecular complexity index is 1080. The Kier molecular flexibility index (Phi) is 7.06. The van der Waals surface area contributed by atoms with Crippen molar-refractivity contribution in [3.05, 3.63) is 89.5 Å². The molecule has 31 heavy (non-hydrogen) atoms. The zero-order chi connectivity index (χ0) is 22.2. The molecule has 0 atom stereocenters. The number of carbonyl (C=O) groups is 2. The third kappa shape index (κ3) is 5.30. The van der Waals surface area contributed by atoms with Crippen LogP contribution in [0.25, 0.3) is 6.08 Å². The number of nitrogens with one attached hydrogen (secondary N) is 1. The van der Waals surface area contributed by atoms with Gasteiger partial charge in [0, 0.05) is 22.9 Å². The summed E-state index contributed by atoms with van der Waals surface area (Å²) in [6.07, 6.45) is 3.03. The van der Waals surface area contributed by atoms with Gasteiger partial charge in [0.15, 0.2) is 17.3 Å². The Morgan fingerprint density at radius 2 is 1.42 bits per heavy atom. The number of anilines is 1. The predicted octanol–water partition coefficient (Wildman–Crippen LogP) is 4.60. The van der Waals surface area contributed by atoms with E-state index in [1.807, 2.05) is 18.2 Å². The third-order valence-electron chi connectivity index (χ3n) is 4.54. The Balaban J connectivity index is 1.74. The van der Waals surface area contributed by atoms with Crippen LogP contribution in [0.4, 0.5) is 5.69 Å². The fourth-order valence-electron chi connectivity index (χ4n) is 3.05. The summed E-state index contributed by atoms with van der Waals surface area (Å²) in [6.45, 7) is 0. The van der Waals surface area contributed by atoms with Crippen LogP contribution >= 0.6 is 0 Å². The second kappa shape index (κ2) is 10.1. The van der Waals surface area contributed by atoms with Gasteiger partial charge in [0.1, 0.15) is 0 Å². The largest absolute Gasteiger partial charge is 0.493 e. The van der Waals surface area contributed by atoms with Gasteiger partial charge in [0.25, 0.3) is 0 Å². The molecule has 6 nitrogen and oxygen atoms in total. The standard InChI is InChI=1S/C25H23NO5/c1-29-21-14-17(15-22(30-2)25(21)31-3)12-13-23(27)26-20-11-7-10-19(16-20)24(28)18-8-5-4-6-9-18/h4-16H,1-3H3,(H,26,27)/b13-12+. The number of amides is 1. The van der Waals surface area contributed by atoms with Gasteiger partial charge >= 0.3 is 0 Å². The Morgan fingerprint density at radius 1 is 0.774 bits per heavy atom. The van der Waals surface area contributed by atoms with Crippen LogP contribution in [0.3, 0.4) is 0 Å². The van der Waals surface area contributed by atoms with Crippen LogP contribution in [0.2, 0.25) is 0 Å². The van der Waals surface area contributed by atoms with Gasteiger partial charge < -0.3 is 19.5 Å². The number of hydrogen-bond acceptors (Lipinski definition) is 5. The average molecular weight is 417 g/mol. The lowest BCUT2D eigenvalue weighted by Gasteiger charge is -2.12. The molecule has 0 saturated heterocycles. The Morgan fingerprint density at radius 3 is 2.03 bits per heavy atom. The van der Waals surface area contributed by atoms with Crippen molar-refractivity contribution < 1.29 is 23.8 Å². The van der Waals surface area contributed by atoms with Crippen LogP contribution in [0.5, 0.6) is 17.2 Å². The molecule has 0 aromatic heterocycles. The number of rotatable bonds is 8. The molecular formula is C25H23NO5. The molecule has 3 aromatic rings. The summed E-state index contributed by atoms with van der Waals surface area (Å²) in [5.74, 6) is 1.03. The molecule has 0 aliphatic heterocycles. The predicted molar refractivity (Wildman–Crippen MR) is 120 cm³/mol. The van der Waals surface area contributed by atoms with Gasteiger partial charge in [-0.3, -0.25) is 9.59 Å². The molecule has 3 rings (SSSR count). The van der Waals surface area contributed by atoms with Crippen LogP contribution in [-0.4, -0.2) is 33.0 Å². The first-order chi connectivity index (χ1) is 15.0. The summed E-state index contributed by atoms with van der Waals surface area (Å²) in [4.78, 5) is 25.0. The first-order valence-corrected chi connectivity index (χ1v) is 9.54. The zero-order valence-electron chi connectivity index (χ0n) is 17.5. The number of carbonyl (C=O) groups excluding carboxylic acids is 2. The molecule has 3 aromatic carbocycles. The van der Waals surface area contributed by atoms with E-state index < -0.39 is 0 Å². The lowest BCUT2D eigenvalue weighted by atomic mass is 10.0. The minimum Gasteiger partial charge on any atom is -0.493 e. The lowest BCUT2D eigenvalue weighted by molar-refractivity contribution is -0.111. The summed E-state index contributed by atoms with van der Waals surface area (Å²) < 4.78 is 15.9. The molecule has 6 heteroatoms. The van der Waals surface area contributed by atoms with Gasteiger partial charge in [-0.1, -0.05) is 42.5 Å². The molecule has 1 amide bonds. The molecule has 0 radical (unpaired) electrons. The van der Waals surface area contributed by atoms with Crippen molar-refractivity contribution in [3.8, 4) is 17.2 Å². The summed E-state index contributed by atoms with van der Waals surface area (Å²) in [6, 6.07) is 19.3. The summed E-state index contributed by atoms with van der Waals surface area (Å²) >= 11 is 0. The summed E-state index contributed by atoms with van der Waals surface area (Å²) in [5, 5.41) is 2.77. The fourth-order valence-corrected chi connectivity index (χ4v) is 3.05. The summed E-state index contributed by atoms with van der Waals surface area (Å²) in [7, 11) is 4.59. The molecule has 0 heterocycles. The van der Waals surface area contributed by atoms with Gasteiger partial charge in [-0.15, -0.1) is 0 Å². The fraction of sp³-hybridized carbons (Fsp3) is 0.120. The van der Waals surface area contributed by atoms with E-state index in [0.29, 0.717) is 39.6 Å². The number of hydrogen-bond donors (Lipinski definition) is 1. The zero-order valence-corrected chi connectivity index (χ0v) is 17.5. The van der Waals surface area contributed by atoms with Crippen molar-refractivity contribution in [2.24, 2.45) is 0 Å². The van der Waals surface area contributed by atoms with Crippen molar-refractivity contribution >= 4 is 23.5 Å². The van der Waals surface area contributed by atoms with Gasteiger partial charge in [0.2, 0.25) is 11.7 Å². The molecule has 0 spiro atoms. The average Bonchev–Trinajstić information content (AvgIpc) is 2.82. The highest BCUT2D eigenvalue weighted by Crippen LogP contribution is 2.38. The topological polar surface area (TPSA) is 73.9 Å². The van der Waals surface area contributed by atoms with Crippen molar-refractivity contribution in [2.75, 3.05) is 26.6 Å². The maximum absolute atomic E-state index is 12.6. The van der Waals surface area contributed by atoms with Crippen LogP contribution in [0.1, 0.15) is 21.5 Å². The van der Waals surface area contributed by atoms with E-state index in [0.717, 1.165) is 0 Å². The molecule has 1 N–H and O–H groups in total. The Labute approximate surface area is 181 Å². The molecule has 0 saturated carbocycles. The normalized spacial score (nSPS) is 10.5. The first kappa shape index (κ1) is 21.6. The minimum absolute atomic E-state index is 0.107. The SMILES string of the molecule is COc1cc(/C=C/C(=O)Nc2cccc(C(=O)c3ccccc3)c2)cc(OC)c1OC. The first-order valence-electron chi connectivity index (χ1n) is 9.54. The Hall–Kier alpha value is -4.06. The van der Waals surface area contributed by atoms with Crippen molar-refractivity contribution in [3.63, 3.8) is 0 Å². The maximum atomic E-state index is 12.6. The van der Waals surface area contributed by atoms with E-state index in [1.165, 1.54) is 27.4 Å². The highest BCUT2D eigenvalue weighted by atomic mass is 16.5. The highest BCUT2D eigenvalue weighted by molar-refractivity contribution is 6.10. The van der Waals surface area contributed by atoms with E-state index in [4.69, 9.17) is 14.2 Å². The number of methoxy groups -OCH3 is 3. The van der Waals surface area contributed by atoms with Crippen molar-refractivity contribution in [2.45, 2.75) is 0 Å². The highest BCUT2D eigenvalue weighted by Gasteiger charge is 2.12. The van der Waals surface area contributed by atoms with Gasteiger partial charge in [-0.25, -0.2) is 0 Å². The molecule has 0 aliphatic rings. The van der Waals surface area contributed by atoms with Crippen LogP contribution in [0.15, 0.2) is 72.8 Å². The molecule has 0 aliphatic carbocycles. The third-order valence-corrected chi connectivity index (χ3v) is 4.54. The van der Waals surface area contributed by atoms with Gasteiger partial charge in [0.05, 0.1) is 21.3 Å². The summed E-state index contributed by atoms with van der Waals surface area (Å²) in [5.41, 5.74) is 2.32. The monoisotopic (exact) mass is 417 g/mol. The number of ether oxygens (including phenoxy) is 3. The van der Waals surface area contributed by atoms with Gasteiger partial charge in [-0.2, -0.15) is 0 Å². The molecular weight excluding hydrogens is 394 g/mol. The van der Waals surface area contributed by atoms with Crippen molar-refractivity contribution in [1.82, 2.24) is 0 Å². The molecule has 158 valence electrons. The number of benzene rings is 3. The smallest absolute Gasteiger partial charge is 0.248 e. The maximum Gasteiger partial charge on any atom is 0.248 e. The van der Waals surface area contributed by atoms with E-state index in [1.54, 1.807) is 54.6 Å².